The van der Waals surface area contributed by atoms with Crippen LogP contribution in [0.25, 0.3) is 0 Å². The van der Waals surface area contributed by atoms with Crippen molar-refractivity contribution >= 4 is 24.8 Å². The Morgan fingerprint density at radius 2 is 1.61 bits per heavy atom. The average Bonchev–Trinajstić information content (AvgIpc) is 3.27. The Bertz CT molecular complexity index is 718. The maximum Gasteiger partial charge on any atom is 0.573 e. The summed E-state index contributed by atoms with van der Waals surface area (Å²) in [5.41, 5.74) is -0.131. The van der Waals surface area contributed by atoms with Gasteiger partial charge in [0.15, 0.2) is 0 Å². The summed E-state index contributed by atoms with van der Waals surface area (Å²) in [4.78, 5) is 5.02. The van der Waals surface area contributed by atoms with Crippen molar-refractivity contribution in [2.75, 3.05) is 32.7 Å². The number of benzene rings is 1. The van der Waals surface area contributed by atoms with E-state index in [1.807, 2.05) is 6.07 Å². The molecule has 0 bridgehead atoms. The van der Waals surface area contributed by atoms with Gasteiger partial charge in [0.2, 0.25) is 0 Å². The molecule has 0 amide bonds. The van der Waals surface area contributed by atoms with E-state index in [9.17, 15) is 18.3 Å². The highest BCUT2D eigenvalue weighted by Crippen LogP contribution is 2.42. The van der Waals surface area contributed by atoms with Crippen LogP contribution in [0.5, 0.6) is 5.75 Å². The van der Waals surface area contributed by atoms with Gasteiger partial charge in [0.25, 0.3) is 0 Å². The minimum absolute atomic E-state index is 0. The molecule has 0 spiro atoms. The van der Waals surface area contributed by atoms with Gasteiger partial charge in [-0.1, -0.05) is 31.4 Å². The van der Waals surface area contributed by atoms with Crippen molar-refractivity contribution in [1.82, 2.24) is 9.80 Å². The molecule has 1 N–H and O–H groups in total. The van der Waals surface area contributed by atoms with Crippen molar-refractivity contribution in [3.05, 3.63) is 29.8 Å². The van der Waals surface area contributed by atoms with Crippen LogP contribution in [-0.2, 0) is 0 Å². The molecule has 3 fully saturated rings. The topological polar surface area (TPSA) is 35.9 Å². The Kier molecular flexibility index (Phi) is 10.6. The average molecular weight is 513 g/mol. The largest absolute Gasteiger partial charge is 0.573 e. The molecule has 2 aliphatic heterocycles. The Balaban J connectivity index is 0.00000193. The van der Waals surface area contributed by atoms with Crippen LogP contribution >= 0.6 is 24.8 Å². The van der Waals surface area contributed by atoms with E-state index in [0.717, 1.165) is 50.8 Å². The Hall–Kier alpha value is -0.730. The molecule has 1 aromatic carbocycles. The molecule has 1 aliphatic carbocycles. The van der Waals surface area contributed by atoms with E-state index in [4.69, 9.17) is 0 Å². The molecule has 9 heteroatoms. The number of hydrogen-bond acceptors (Lipinski definition) is 4. The van der Waals surface area contributed by atoms with Crippen molar-refractivity contribution in [1.29, 1.82) is 0 Å². The molecule has 33 heavy (non-hydrogen) atoms. The van der Waals surface area contributed by atoms with Gasteiger partial charge in [0, 0.05) is 18.5 Å². The van der Waals surface area contributed by atoms with E-state index in [2.05, 4.69) is 14.5 Å². The highest BCUT2D eigenvalue weighted by molar-refractivity contribution is 5.85. The van der Waals surface area contributed by atoms with Crippen LogP contribution in [0.3, 0.4) is 0 Å². The number of aliphatic hydroxyl groups is 1. The van der Waals surface area contributed by atoms with E-state index >= 15 is 0 Å². The number of rotatable bonds is 6. The van der Waals surface area contributed by atoms with Gasteiger partial charge >= 0.3 is 6.36 Å². The maximum atomic E-state index is 12.8. The van der Waals surface area contributed by atoms with E-state index in [-0.39, 0.29) is 36.5 Å². The summed E-state index contributed by atoms with van der Waals surface area (Å²) in [5.74, 6) is -0.421. The zero-order valence-corrected chi connectivity index (χ0v) is 20.7. The van der Waals surface area contributed by atoms with Crippen LogP contribution in [0.2, 0.25) is 0 Å². The van der Waals surface area contributed by atoms with Crippen molar-refractivity contribution < 1.29 is 23.0 Å². The third kappa shape index (κ3) is 7.63. The van der Waals surface area contributed by atoms with Gasteiger partial charge in [-0.25, -0.2) is 0 Å². The fourth-order valence-corrected chi connectivity index (χ4v) is 5.86. The minimum atomic E-state index is -4.71. The van der Waals surface area contributed by atoms with E-state index in [1.165, 1.54) is 38.1 Å². The molecule has 4 rings (SSSR count). The van der Waals surface area contributed by atoms with Crippen LogP contribution < -0.4 is 4.74 Å². The Labute approximate surface area is 207 Å². The van der Waals surface area contributed by atoms with Crippen LogP contribution in [0.4, 0.5) is 13.2 Å². The van der Waals surface area contributed by atoms with E-state index < -0.39 is 12.0 Å². The number of alkyl halides is 3. The Morgan fingerprint density at radius 3 is 2.21 bits per heavy atom. The van der Waals surface area contributed by atoms with Gasteiger partial charge < -0.3 is 19.6 Å². The SMILES string of the molecule is Cl.Cl.OC1([C@H](CN2CCC(N3CCCC3)CC2)c2cccc(OC(F)(F)F)c2)CCCCC1. The Morgan fingerprint density at radius 1 is 0.970 bits per heavy atom. The lowest BCUT2D eigenvalue weighted by atomic mass is 9.72. The van der Waals surface area contributed by atoms with Crippen molar-refractivity contribution in [2.24, 2.45) is 0 Å². The molecular formula is C24H37Cl2F3N2O2. The maximum absolute atomic E-state index is 12.8. The zero-order valence-electron chi connectivity index (χ0n) is 19.1. The smallest absolute Gasteiger partial charge is 0.406 e. The van der Waals surface area contributed by atoms with Crippen LogP contribution in [0, 0.1) is 0 Å². The van der Waals surface area contributed by atoms with Crippen molar-refractivity contribution in [2.45, 2.75) is 81.7 Å². The predicted molar refractivity (Wildman–Crippen MR) is 129 cm³/mol. The third-order valence-electron chi connectivity index (χ3n) is 7.52. The van der Waals surface area contributed by atoms with Gasteiger partial charge in [0.05, 0.1) is 5.60 Å². The number of likely N-dealkylation sites (tertiary alicyclic amines) is 2. The zero-order chi connectivity index (χ0) is 21.9. The van der Waals surface area contributed by atoms with E-state index in [0.29, 0.717) is 25.4 Å². The summed E-state index contributed by atoms with van der Waals surface area (Å²) >= 11 is 0. The molecule has 3 aliphatic rings. The molecule has 190 valence electrons. The van der Waals surface area contributed by atoms with Crippen LogP contribution in [0.15, 0.2) is 24.3 Å². The standard InChI is InChI=1S/C24H35F3N2O2.2ClH/c25-24(26,27)31-21-8-6-7-19(17-21)22(23(30)11-2-1-3-12-23)18-28-15-9-20(10-16-28)29-13-4-5-14-29;;/h6-8,17,20,22,30H,1-5,9-16,18H2;2*1H/t22-;;/m1../s1. The molecular weight excluding hydrogens is 476 g/mol. The molecule has 2 saturated heterocycles. The summed E-state index contributed by atoms with van der Waals surface area (Å²) in [6, 6.07) is 6.91. The molecule has 1 atom stereocenters. The third-order valence-corrected chi connectivity index (χ3v) is 7.52. The molecule has 1 saturated carbocycles. The fourth-order valence-electron chi connectivity index (χ4n) is 5.86. The van der Waals surface area contributed by atoms with Gasteiger partial charge in [-0.05, 0) is 82.4 Å². The summed E-state index contributed by atoms with van der Waals surface area (Å²) in [7, 11) is 0. The van der Waals surface area contributed by atoms with Crippen molar-refractivity contribution in [3.63, 3.8) is 0 Å². The fraction of sp³-hybridized carbons (Fsp3) is 0.750. The first-order chi connectivity index (χ1) is 14.8. The van der Waals surface area contributed by atoms with Gasteiger partial charge in [-0.15, -0.1) is 38.0 Å². The molecule has 0 unspecified atom stereocenters. The second-order valence-electron chi connectivity index (χ2n) is 9.61. The lowest BCUT2D eigenvalue weighted by molar-refractivity contribution is -0.274. The second-order valence-corrected chi connectivity index (χ2v) is 9.61. The van der Waals surface area contributed by atoms with Crippen LogP contribution in [-0.4, -0.2) is 65.6 Å². The van der Waals surface area contributed by atoms with E-state index in [1.54, 1.807) is 6.07 Å². The second kappa shape index (κ2) is 12.3. The number of piperidine rings is 1. The van der Waals surface area contributed by atoms with Crippen molar-refractivity contribution in [3.8, 4) is 5.75 Å². The van der Waals surface area contributed by atoms with Crippen LogP contribution in [0.1, 0.15) is 69.3 Å². The first-order valence-corrected chi connectivity index (χ1v) is 11.9. The molecule has 1 aromatic rings. The first kappa shape index (κ1) is 28.5. The normalized spacial score (nSPS) is 23.4. The van der Waals surface area contributed by atoms with Gasteiger partial charge in [-0.3, -0.25) is 0 Å². The number of ether oxygens (including phenoxy) is 1. The minimum Gasteiger partial charge on any atom is -0.406 e. The molecule has 2 heterocycles. The number of nitrogens with zero attached hydrogens (tertiary/aromatic N) is 2. The van der Waals surface area contributed by atoms with Gasteiger partial charge in [0.1, 0.15) is 5.75 Å². The number of hydrogen-bond donors (Lipinski definition) is 1. The van der Waals surface area contributed by atoms with Gasteiger partial charge in [-0.2, -0.15) is 0 Å². The highest BCUT2D eigenvalue weighted by atomic mass is 35.5. The lowest BCUT2D eigenvalue weighted by Gasteiger charge is -2.44. The summed E-state index contributed by atoms with van der Waals surface area (Å²) in [6.45, 7) is 5.05. The first-order valence-electron chi connectivity index (χ1n) is 11.9. The summed E-state index contributed by atoms with van der Waals surface area (Å²) in [5, 5.41) is 11.6. The number of halogens is 5. The lowest BCUT2D eigenvalue weighted by Crippen LogP contribution is -2.48. The predicted octanol–water partition coefficient (Wildman–Crippen LogP) is 5.77. The quantitative estimate of drug-likeness (QED) is 0.524. The molecule has 4 nitrogen and oxygen atoms in total. The summed E-state index contributed by atoms with van der Waals surface area (Å²) < 4.78 is 42.4. The molecule has 0 aromatic heterocycles. The molecule has 0 radical (unpaired) electrons. The summed E-state index contributed by atoms with van der Waals surface area (Å²) in [6.07, 6.45) is 4.56. The highest BCUT2D eigenvalue weighted by Gasteiger charge is 2.41. The monoisotopic (exact) mass is 512 g/mol.